The Labute approximate surface area is 54.7 Å². The summed E-state index contributed by atoms with van der Waals surface area (Å²) in [6.45, 7) is 0.726. The number of methoxy groups -OCH3 is 1. The van der Waals surface area contributed by atoms with Crippen LogP contribution in [-0.2, 0) is 4.74 Å². The Hall–Kier alpha value is 0.650. The van der Waals surface area contributed by atoms with Crippen molar-refractivity contribution in [3.63, 3.8) is 0 Å². The molecule has 0 rings (SSSR count). The van der Waals surface area contributed by atoms with E-state index in [0.29, 0.717) is 4.05 Å². The van der Waals surface area contributed by atoms with Crippen LogP contribution < -0.4 is 26.9 Å². The fourth-order valence-electron chi connectivity index (χ4n) is 0.222. The van der Waals surface area contributed by atoms with Crippen molar-refractivity contribution in [1.82, 2.24) is 0 Å². The summed E-state index contributed by atoms with van der Waals surface area (Å²) in [6.07, 6.45) is 0. The molecule has 0 heterocycles. The van der Waals surface area contributed by atoms with Gasteiger partial charge in [-0.05, 0) is 0 Å². The van der Waals surface area contributed by atoms with E-state index >= 15 is 0 Å². The zero-order valence-corrected chi connectivity index (χ0v) is 6.81. The van der Waals surface area contributed by atoms with Gasteiger partial charge in [0.15, 0.2) is 0 Å². The van der Waals surface area contributed by atoms with Gasteiger partial charge in [0, 0.05) is 0 Å². The summed E-state index contributed by atoms with van der Waals surface area (Å²) in [5.74, 6) is 0. The first-order valence-electron chi connectivity index (χ1n) is 2.03. The van der Waals surface area contributed by atoms with Crippen LogP contribution in [0.3, 0.4) is 0 Å². The molecule has 0 aliphatic heterocycles. The summed E-state index contributed by atoms with van der Waals surface area (Å²) in [5, 5.41) is 0. The molecule has 1 unspecified atom stereocenters. The van der Waals surface area contributed by atoms with Crippen molar-refractivity contribution >= 4 is 0 Å². The maximum atomic E-state index is 5.51. The molecular weight excluding hydrogens is 205 g/mol. The van der Waals surface area contributed by atoms with Crippen molar-refractivity contribution < 1.29 is 25.9 Å². The number of halogens is 1. The molecule has 0 bridgehead atoms. The summed E-state index contributed by atoms with van der Waals surface area (Å²) in [5.41, 5.74) is 5.51. The molecule has 0 aromatic heterocycles. The molecule has 0 aromatic carbocycles. The quantitative estimate of drug-likeness (QED) is 0.304. The number of hydrogen-bond donors (Lipinski definition) is 1. The van der Waals surface area contributed by atoms with Crippen LogP contribution in [0.15, 0.2) is 0 Å². The molecule has 2 N–H and O–H groups in total. The Morgan fingerprint density at radius 1 is 1.86 bits per heavy atom. The Morgan fingerprint density at radius 2 is 2.43 bits per heavy atom. The third-order valence-corrected chi connectivity index (χ3v) is 2.57. The summed E-state index contributed by atoms with van der Waals surface area (Å²) in [6, 6.07) is 0. The van der Waals surface area contributed by atoms with Crippen LogP contribution in [0, 0.1) is 0 Å². The molecule has 2 nitrogen and oxygen atoms in total. The monoisotopic (exact) mass is 216 g/mol. The van der Waals surface area contributed by atoms with Crippen molar-refractivity contribution in [2.24, 2.45) is 5.73 Å². The second-order valence-electron chi connectivity index (χ2n) is 1.19. The third-order valence-electron chi connectivity index (χ3n) is 0.606. The molecule has 3 heteroatoms. The van der Waals surface area contributed by atoms with E-state index in [-0.39, 0.29) is 21.2 Å². The molecule has 0 radical (unpaired) electrons. The first-order valence-corrected chi connectivity index (χ1v) is 5.44. The van der Waals surface area contributed by atoms with Gasteiger partial charge in [-0.15, -0.1) is 0 Å². The maximum absolute atomic E-state index is 5.51. The van der Waals surface area contributed by atoms with Gasteiger partial charge in [0.25, 0.3) is 0 Å². The summed E-state index contributed by atoms with van der Waals surface area (Å²) < 4.78 is 5.13. The molecule has 0 fully saturated rings. The van der Waals surface area contributed by atoms with Gasteiger partial charge in [-0.25, -0.2) is 0 Å². The fourth-order valence-corrected chi connectivity index (χ4v) is 0.941. The molecule has 1 atom stereocenters. The van der Waals surface area contributed by atoms with Gasteiger partial charge in [-0.2, -0.15) is 0 Å². The van der Waals surface area contributed by atoms with E-state index in [1.165, 1.54) is 0 Å². The van der Waals surface area contributed by atoms with Crippen LogP contribution >= 0.6 is 0 Å². The topological polar surface area (TPSA) is 35.2 Å². The van der Waals surface area contributed by atoms with E-state index in [1.807, 2.05) is 0 Å². The van der Waals surface area contributed by atoms with Crippen LogP contribution in [0.4, 0.5) is 0 Å². The van der Waals surface area contributed by atoms with E-state index < -0.39 is 0 Å². The predicted molar refractivity (Wildman–Crippen MR) is 25.8 cm³/mol. The molecular formula is C4H11INO-. The van der Waals surface area contributed by atoms with E-state index in [2.05, 4.69) is 4.93 Å². The average Bonchev–Trinajstić information content (AvgIpc) is 1.68. The number of ether oxygens (including phenoxy) is 1. The van der Waals surface area contributed by atoms with Gasteiger partial charge in [0.1, 0.15) is 0 Å². The average molecular weight is 216 g/mol. The van der Waals surface area contributed by atoms with Gasteiger partial charge >= 0.3 is 54.4 Å². The molecule has 0 spiro atoms. The Morgan fingerprint density at radius 3 is 2.57 bits per heavy atom. The predicted octanol–water partition coefficient (Wildman–Crippen LogP) is -3.36. The number of nitrogens with two attached hydrogens (primary N) is 1. The normalized spacial score (nSPS) is 14.7. The molecule has 0 aliphatic rings. The standard InChI is InChI=1S/C4H11INO/c1-5-4(6)3-7-2/h4H,3,6H2,1-2H3/q-1. The van der Waals surface area contributed by atoms with Gasteiger partial charge < -0.3 is 0 Å². The zero-order valence-electron chi connectivity index (χ0n) is 4.65. The van der Waals surface area contributed by atoms with E-state index in [4.69, 9.17) is 10.5 Å². The van der Waals surface area contributed by atoms with Crippen LogP contribution in [0.2, 0.25) is 0 Å². The van der Waals surface area contributed by atoms with E-state index in [0.717, 1.165) is 6.61 Å². The molecule has 7 heavy (non-hydrogen) atoms. The van der Waals surface area contributed by atoms with Gasteiger partial charge in [0.2, 0.25) is 0 Å². The zero-order chi connectivity index (χ0) is 5.70. The number of rotatable bonds is 3. The second kappa shape index (κ2) is 4.80. The molecule has 0 aliphatic carbocycles. The van der Waals surface area contributed by atoms with Crippen LogP contribution in [0.5, 0.6) is 0 Å². The molecule has 0 saturated heterocycles. The van der Waals surface area contributed by atoms with E-state index in [1.54, 1.807) is 7.11 Å². The second-order valence-corrected chi connectivity index (χ2v) is 4.04. The first kappa shape index (κ1) is 7.65. The molecule has 0 aromatic rings. The van der Waals surface area contributed by atoms with Gasteiger partial charge in [-0.3, -0.25) is 0 Å². The molecule has 0 saturated carbocycles. The van der Waals surface area contributed by atoms with Crippen molar-refractivity contribution in [2.75, 3.05) is 18.6 Å². The minimum atomic E-state index is 0.191. The van der Waals surface area contributed by atoms with E-state index in [9.17, 15) is 0 Å². The summed E-state index contributed by atoms with van der Waals surface area (Å²) in [7, 11) is 1.68. The first-order chi connectivity index (χ1) is 3.31. The van der Waals surface area contributed by atoms with Crippen molar-refractivity contribution in [1.29, 1.82) is 0 Å². The Kier molecular flexibility index (Phi) is 5.25. The van der Waals surface area contributed by atoms with Crippen molar-refractivity contribution in [3.8, 4) is 0 Å². The van der Waals surface area contributed by atoms with Crippen molar-refractivity contribution in [2.45, 2.75) is 4.05 Å². The SMILES string of the molecule is COCC(N)[I-]C. The van der Waals surface area contributed by atoms with Crippen molar-refractivity contribution in [3.05, 3.63) is 0 Å². The summed E-state index contributed by atoms with van der Waals surface area (Å²) in [4.78, 5) is 2.16. The van der Waals surface area contributed by atoms with Crippen LogP contribution in [0.25, 0.3) is 0 Å². The number of alkyl halides is 2. The number of hydrogen-bond acceptors (Lipinski definition) is 2. The molecule has 0 amide bonds. The third kappa shape index (κ3) is 4.50. The Bertz CT molecular complexity index is 42.7. The molecule has 46 valence electrons. The van der Waals surface area contributed by atoms with Gasteiger partial charge in [-0.1, -0.05) is 0 Å². The van der Waals surface area contributed by atoms with Crippen LogP contribution in [0.1, 0.15) is 0 Å². The minimum absolute atomic E-state index is 0.191. The summed E-state index contributed by atoms with van der Waals surface area (Å²) >= 11 is 0.191. The van der Waals surface area contributed by atoms with Gasteiger partial charge in [0.05, 0.1) is 0 Å². The fraction of sp³-hybridized carbons (Fsp3) is 1.00. The Balaban J connectivity index is 2.83. The van der Waals surface area contributed by atoms with Crippen LogP contribution in [-0.4, -0.2) is 22.7 Å².